The van der Waals surface area contributed by atoms with E-state index in [0.29, 0.717) is 10.9 Å². The van der Waals surface area contributed by atoms with Gasteiger partial charge in [-0.3, -0.25) is 0 Å². The molecule has 1 fully saturated rings. The normalized spacial score (nSPS) is 20.9. The molecule has 1 atom stereocenters. The van der Waals surface area contributed by atoms with Crippen LogP contribution in [-0.2, 0) is 6.42 Å². The van der Waals surface area contributed by atoms with E-state index in [2.05, 4.69) is 10.3 Å². The fourth-order valence-electron chi connectivity index (χ4n) is 2.38. The Morgan fingerprint density at radius 2 is 2.41 bits per heavy atom. The Morgan fingerprint density at radius 1 is 1.47 bits per heavy atom. The molecule has 2 heterocycles. The van der Waals surface area contributed by atoms with Gasteiger partial charge in [0, 0.05) is 17.5 Å². The molecule has 1 aromatic heterocycles. The maximum Gasteiger partial charge on any atom is 0.195 e. The van der Waals surface area contributed by atoms with E-state index in [1.165, 1.54) is 12.8 Å². The summed E-state index contributed by atoms with van der Waals surface area (Å²) in [5, 5.41) is 4.10. The van der Waals surface area contributed by atoms with Gasteiger partial charge in [0.05, 0.1) is 0 Å². The summed E-state index contributed by atoms with van der Waals surface area (Å²) < 4.78 is 5.73. The molecule has 90 valence electrons. The minimum absolute atomic E-state index is 0.646. The summed E-state index contributed by atoms with van der Waals surface area (Å²) >= 11 is 5.92. The van der Waals surface area contributed by atoms with Crippen molar-refractivity contribution in [2.45, 2.75) is 19.3 Å². The second-order valence-corrected chi connectivity index (χ2v) is 5.07. The predicted molar refractivity (Wildman–Crippen MR) is 68.3 cm³/mol. The molecular formula is C13H15ClN2O. The van der Waals surface area contributed by atoms with Gasteiger partial charge in [-0.15, -0.1) is 0 Å². The summed E-state index contributed by atoms with van der Waals surface area (Å²) in [7, 11) is 0. The number of hydrogen-bond donors (Lipinski definition) is 1. The zero-order valence-electron chi connectivity index (χ0n) is 9.58. The largest absolute Gasteiger partial charge is 0.441 e. The number of nitrogens with zero attached hydrogens (tertiary/aromatic N) is 1. The smallest absolute Gasteiger partial charge is 0.195 e. The molecule has 1 N–H and O–H groups in total. The molecule has 1 aliphatic heterocycles. The van der Waals surface area contributed by atoms with Crippen molar-refractivity contribution in [1.29, 1.82) is 0 Å². The van der Waals surface area contributed by atoms with Crippen molar-refractivity contribution >= 4 is 22.7 Å². The molecule has 0 saturated carbocycles. The average Bonchev–Trinajstić information content (AvgIpc) is 2.71. The lowest BCUT2D eigenvalue weighted by Gasteiger charge is -2.21. The van der Waals surface area contributed by atoms with Crippen LogP contribution in [0, 0.1) is 5.92 Å². The number of piperidine rings is 1. The highest BCUT2D eigenvalue weighted by atomic mass is 35.5. The molecule has 0 amide bonds. The summed E-state index contributed by atoms with van der Waals surface area (Å²) in [6.07, 6.45) is 3.42. The van der Waals surface area contributed by atoms with Crippen LogP contribution < -0.4 is 5.32 Å². The lowest BCUT2D eigenvalue weighted by Crippen LogP contribution is -2.30. The molecule has 0 bridgehead atoms. The molecule has 0 spiro atoms. The Morgan fingerprint density at radius 3 is 3.24 bits per heavy atom. The number of hydrogen-bond acceptors (Lipinski definition) is 3. The molecule has 4 heteroatoms. The molecule has 1 aromatic carbocycles. The number of nitrogens with one attached hydrogen (secondary N) is 1. The number of benzene rings is 1. The number of halogens is 1. The van der Waals surface area contributed by atoms with Crippen molar-refractivity contribution in [2.75, 3.05) is 13.1 Å². The fraction of sp³-hybridized carbons (Fsp3) is 0.462. The minimum Gasteiger partial charge on any atom is -0.441 e. The highest BCUT2D eigenvalue weighted by Gasteiger charge is 2.16. The van der Waals surface area contributed by atoms with Gasteiger partial charge in [-0.25, -0.2) is 4.98 Å². The Kier molecular flexibility index (Phi) is 3.04. The summed E-state index contributed by atoms with van der Waals surface area (Å²) in [5.41, 5.74) is 1.68. The van der Waals surface area contributed by atoms with Crippen LogP contribution in [-0.4, -0.2) is 18.1 Å². The van der Waals surface area contributed by atoms with Crippen LogP contribution in [0.3, 0.4) is 0 Å². The predicted octanol–water partition coefficient (Wildman–Crippen LogP) is 3.02. The second kappa shape index (κ2) is 4.67. The van der Waals surface area contributed by atoms with Crippen LogP contribution in [0.15, 0.2) is 22.6 Å². The van der Waals surface area contributed by atoms with E-state index >= 15 is 0 Å². The van der Waals surface area contributed by atoms with Crippen molar-refractivity contribution in [3.8, 4) is 0 Å². The molecule has 1 aliphatic rings. The van der Waals surface area contributed by atoms with Gasteiger partial charge in [0.2, 0.25) is 0 Å². The van der Waals surface area contributed by atoms with Crippen molar-refractivity contribution in [3.63, 3.8) is 0 Å². The van der Waals surface area contributed by atoms with Gasteiger partial charge in [-0.05, 0) is 44.0 Å². The Labute approximate surface area is 105 Å². The first-order valence-corrected chi connectivity index (χ1v) is 6.45. The maximum atomic E-state index is 5.92. The summed E-state index contributed by atoms with van der Waals surface area (Å²) in [6.45, 7) is 2.21. The Bertz CT molecular complexity index is 517. The third-order valence-electron chi connectivity index (χ3n) is 3.26. The lowest BCUT2D eigenvalue weighted by molar-refractivity contribution is 0.349. The average molecular weight is 251 g/mol. The molecule has 1 unspecified atom stereocenters. The van der Waals surface area contributed by atoms with Gasteiger partial charge in [0.1, 0.15) is 5.52 Å². The molecule has 17 heavy (non-hydrogen) atoms. The van der Waals surface area contributed by atoms with Crippen LogP contribution >= 0.6 is 11.6 Å². The van der Waals surface area contributed by atoms with Crippen LogP contribution in [0.25, 0.3) is 11.1 Å². The summed E-state index contributed by atoms with van der Waals surface area (Å²) in [5.74, 6) is 1.48. The third kappa shape index (κ3) is 2.45. The molecule has 3 nitrogen and oxygen atoms in total. The highest BCUT2D eigenvalue weighted by Crippen LogP contribution is 2.23. The first-order valence-electron chi connectivity index (χ1n) is 6.07. The van der Waals surface area contributed by atoms with E-state index in [1.54, 1.807) is 0 Å². The first kappa shape index (κ1) is 11.1. The van der Waals surface area contributed by atoms with Gasteiger partial charge in [0.25, 0.3) is 0 Å². The quantitative estimate of drug-likeness (QED) is 0.890. The van der Waals surface area contributed by atoms with Gasteiger partial charge in [0.15, 0.2) is 11.5 Å². The van der Waals surface area contributed by atoms with E-state index < -0.39 is 0 Å². The number of oxazole rings is 1. The van der Waals surface area contributed by atoms with E-state index in [4.69, 9.17) is 16.0 Å². The maximum absolute atomic E-state index is 5.92. The molecule has 2 aromatic rings. The van der Waals surface area contributed by atoms with Crippen molar-refractivity contribution in [2.24, 2.45) is 5.92 Å². The fourth-order valence-corrected chi connectivity index (χ4v) is 2.54. The second-order valence-electron chi connectivity index (χ2n) is 4.64. The molecule has 1 saturated heterocycles. The Balaban J connectivity index is 1.80. The third-order valence-corrected chi connectivity index (χ3v) is 3.49. The monoisotopic (exact) mass is 250 g/mol. The van der Waals surface area contributed by atoms with Gasteiger partial charge in [-0.2, -0.15) is 0 Å². The van der Waals surface area contributed by atoms with Gasteiger partial charge < -0.3 is 9.73 Å². The number of rotatable bonds is 2. The van der Waals surface area contributed by atoms with E-state index in [1.807, 2.05) is 18.2 Å². The molecule has 3 rings (SSSR count). The SMILES string of the molecule is Clc1ccc2nc(CC3CCCNC3)oc2c1. The highest BCUT2D eigenvalue weighted by molar-refractivity contribution is 6.31. The van der Waals surface area contributed by atoms with E-state index in [0.717, 1.165) is 36.5 Å². The van der Waals surface area contributed by atoms with E-state index in [9.17, 15) is 0 Å². The lowest BCUT2D eigenvalue weighted by atomic mass is 9.96. The first-order chi connectivity index (χ1) is 8.31. The van der Waals surface area contributed by atoms with Gasteiger partial charge in [-0.1, -0.05) is 11.6 Å². The van der Waals surface area contributed by atoms with E-state index in [-0.39, 0.29) is 0 Å². The Hall–Kier alpha value is -1.06. The standard InChI is InChI=1S/C13H15ClN2O/c14-10-3-4-11-12(7-10)17-13(16-11)6-9-2-1-5-15-8-9/h3-4,7,9,15H,1-2,5-6,8H2. The van der Waals surface area contributed by atoms with Crippen LogP contribution in [0.1, 0.15) is 18.7 Å². The zero-order valence-corrected chi connectivity index (χ0v) is 10.3. The van der Waals surface area contributed by atoms with Gasteiger partial charge >= 0.3 is 0 Å². The number of fused-ring (bicyclic) bond motifs is 1. The van der Waals surface area contributed by atoms with Crippen molar-refractivity contribution in [3.05, 3.63) is 29.1 Å². The van der Waals surface area contributed by atoms with Crippen molar-refractivity contribution < 1.29 is 4.42 Å². The summed E-state index contributed by atoms with van der Waals surface area (Å²) in [4.78, 5) is 4.49. The van der Waals surface area contributed by atoms with Crippen LogP contribution in [0.5, 0.6) is 0 Å². The molecule has 0 aliphatic carbocycles. The van der Waals surface area contributed by atoms with Crippen LogP contribution in [0.2, 0.25) is 5.02 Å². The topological polar surface area (TPSA) is 38.1 Å². The summed E-state index contributed by atoms with van der Waals surface area (Å²) in [6, 6.07) is 5.58. The number of aromatic nitrogens is 1. The van der Waals surface area contributed by atoms with Crippen LogP contribution in [0.4, 0.5) is 0 Å². The zero-order chi connectivity index (χ0) is 11.7. The molecular weight excluding hydrogens is 236 g/mol. The van der Waals surface area contributed by atoms with Crippen molar-refractivity contribution in [1.82, 2.24) is 10.3 Å². The molecule has 0 radical (unpaired) electrons. The minimum atomic E-state index is 0.646.